The molecule has 0 bridgehead atoms. The molecule has 3 aromatic rings. The van der Waals surface area contributed by atoms with Gasteiger partial charge in [0.25, 0.3) is 5.91 Å². The molecule has 1 amide bonds. The number of furan rings is 1. The maximum absolute atomic E-state index is 12.6. The van der Waals surface area contributed by atoms with Crippen molar-refractivity contribution in [3.63, 3.8) is 0 Å². The molecule has 2 aromatic heterocycles. The SMILES string of the molecule is CCn1nccc1CN(C)C(=O)c1ccc(COc2ccccc2C)o1. The van der Waals surface area contributed by atoms with Gasteiger partial charge in [-0.25, -0.2) is 0 Å². The molecule has 136 valence electrons. The van der Waals surface area contributed by atoms with Crippen molar-refractivity contribution < 1.29 is 13.9 Å². The summed E-state index contributed by atoms with van der Waals surface area (Å²) in [5.41, 5.74) is 2.04. The van der Waals surface area contributed by atoms with Crippen LogP contribution in [0.1, 0.15) is 34.5 Å². The molecule has 0 saturated carbocycles. The van der Waals surface area contributed by atoms with E-state index in [-0.39, 0.29) is 12.5 Å². The molecule has 3 rings (SSSR count). The normalized spacial score (nSPS) is 10.7. The first-order valence-corrected chi connectivity index (χ1v) is 8.61. The van der Waals surface area contributed by atoms with Crippen molar-refractivity contribution in [3.8, 4) is 5.75 Å². The lowest BCUT2D eigenvalue weighted by Crippen LogP contribution is -2.27. The lowest BCUT2D eigenvalue weighted by molar-refractivity contribution is 0.0745. The van der Waals surface area contributed by atoms with Crippen LogP contribution in [0.3, 0.4) is 0 Å². The molecule has 0 spiro atoms. The Hall–Kier alpha value is -3.02. The molecule has 0 radical (unpaired) electrons. The number of hydrogen-bond acceptors (Lipinski definition) is 4. The minimum absolute atomic E-state index is 0.170. The van der Waals surface area contributed by atoms with E-state index in [2.05, 4.69) is 5.10 Å². The Kier molecular flexibility index (Phi) is 5.41. The van der Waals surface area contributed by atoms with Crippen LogP contribution in [0, 0.1) is 6.92 Å². The van der Waals surface area contributed by atoms with Gasteiger partial charge in [0.05, 0.1) is 12.2 Å². The van der Waals surface area contributed by atoms with Crippen LogP contribution in [0.2, 0.25) is 0 Å². The first-order valence-electron chi connectivity index (χ1n) is 8.61. The molecular weight excluding hydrogens is 330 g/mol. The standard InChI is InChI=1S/C20H23N3O3/c1-4-23-16(11-12-21-23)13-22(3)20(24)19-10-9-17(26-19)14-25-18-8-6-5-7-15(18)2/h5-12H,4,13-14H2,1-3H3. The summed E-state index contributed by atoms with van der Waals surface area (Å²) < 4.78 is 13.3. The van der Waals surface area contributed by atoms with Gasteiger partial charge in [-0.2, -0.15) is 5.10 Å². The van der Waals surface area contributed by atoms with E-state index in [1.807, 2.05) is 48.9 Å². The number of ether oxygens (including phenoxy) is 1. The van der Waals surface area contributed by atoms with Crippen molar-refractivity contribution in [2.75, 3.05) is 7.05 Å². The predicted octanol–water partition coefficient (Wildman–Crippen LogP) is 3.66. The molecule has 0 fully saturated rings. The van der Waals surface area contributed by atoms with Crippen molar-refractivity contribution in [1.29, 1.82) is 0 Å². The number of aryl methyl sites for hydroxylation is 2. The summed E-state index contributed by atoms with van der Waals surface area (Å²) in [5, 5.41) is 4.22. The Morgan fingerprint density at radius 2 is 2.04 bits per heavy atom. The first kappa shape index (κ1) is 17.8. The second kappa shape index (κ2) is 7.91. The van der Waals surface area contributed by atoms with Gasteiger partial charge < -0.3 is 14.1 Å². The highest BCUT2D eigenvalue weighted by Gasteiger charge is 2.18. The quantitative estimate of drug-likeness (QED) is 0.650. The number of carbonyl (C=O) groups excluding carboxylic acids is 1. The molecule has 0 aliphatic heterocycles. The van der Waals surface area contributed by atoms with Crippen molar-refractivity contribution in [2.45, 2.75) is 33.5 Å². The number of carbonyl (C=O) groups is 1. The second-order valence-corrected chi connectivity index (χ2v) is 6.12. The zero-order chi connectivity index (χ0) is 18.5. The fraction of sp³-hybridized carbons (Fsp3) is 0.300. The molecule has 6 nitrogen and oxygen atoms in total. The van der Waals surface area contributed by atoms with Crippen LogP contribution in [0.5, 0.6) is 5.75 Å². The third kappa shape index (κ3) is 3.96. The fourth-order valence-electron chi connectivity index (χ4n) is 2.72. The second-order valence-electron chi connectivity index (χ2n) is 6.12. The highest BCUT2D eigenvalue weighted by molar-refractivity contribution is 5.91. The van der Waals surface area contributed by atoms with E-state index >= 15 is 0 Å². The van der Waals surface area contributed by atoms with Crippen LogP contribution in [0.4, 0.5) is 0 Å². The molecule has 26 heavy (non-hydrogen) atoms. The van der Waals surface area contributed by atoms with Gasteiger partial charge in [0, 0.05) is 19.8 Å². The van der Waals surface area contributed by atoms with Crippen LogP contribution < -0.4 is 4.74 Å². The van der Waals surface area contributed by atoms with Crippen LogP contribution in [-0.2, 0) is 19.7 Å². The van der Waals surface area contributed by atoms with Gasteiger partial charge in [-0.15, -0.1) is 0 Å². The zero-order valence-corrected chi connectivity index (χ0v) is 15.3. The minimum atomic E-state index is -0.170. The van der Waals surface area contributed by atoms with Gasteiger partial charge in [-0.1, -0.05) is 18.2 Å². The lowest BCUT2D eigenvalue weighted by Gasteiger charge is -2.16. The highest BCUT2D eigenvalue weighted by atomic mass is 16.5. The summed E-state index contributed by atoms with van der Waals surface area (Å²) >= 11 is 0. The largest absolute Gasteiger partial charge is 0.485 e. The molecule has 0 saturated heterocycles. The monoisotopic (exact) mass is 353 g/mol. The third-order valence-corrected chi connectivity index (χ3v) is 4.19. The van der Waals surface area contributed by atoms with E-state index in [0.717, 1.165) is 23.6 Å². The van der Waals surface area contributed by atoms with Crippen molar-refractivity contribution in [1.82, 2.24) is 14.7 Å². The predicted molar refractivity (Wildman–Crippen MR) is 97.9 cm³/mol. The fourth-order valence-corrected chi connectivity index (χ4v) is 2.72. The summed E-state index contributed by atoms with van der Waals surface area (Å²) in [7, 11) is 1.75. The smallest absolute Gasteiger partial charge is 0.289 e. The molecule has 2 heterocycles. The van der Waals surface area contributed by atoms with Gasteiger partial charge in [0.2, 0.25) is 0 Å². The Morgan fingerprint density at radius 3 is 2.81 bits per heavy atom. The number of hydrogen-bond donors (Lipinski definition) is 0. The van der Waals surface area contributed by atoms with Crippen LogP contribution in [-0.4, -0.2) is 27.6 Å². The average Bonchev–Trinajstić information content (AvgIpc) is 3.29. The number of para-hydroxylation sites is 1. The summed E-state index contributed by atoms with van der Waals surface area (Å²) in [6.45, 7) is 5.53. The summed E-state index contributed by atoms with van der Waals surface area (Å²) in [6.07, 6.45) is 1.74. The molecule has 0 atom stereocenters. The molecular formula is C20H23N3O3. The van der Waals surface area contributed by atoms with Crippen LogP contribution >= 0.6 is 0 Å². The average molecular weight is 353 g/mol. The van der Waals surface area contributed by atoms with E-state index in [1.54, 1.807) is 30.3 Å². The topological polar surface area (TPSA) is 60.5 Å². The van der Waals surface area contributed by atoms with E-state index in [9.17, 15) is 4.79 Å². The van der Waals surface area contributed by atoms with Gasteiger partial charge >= 0.3 is 0 Å². The highest BCUT2D eigenvalue weighted by Crippen LogP contribution is 2.19. The number of rotatable bonds is 7. The lowest BCUT2D eigenvalue weighted by atomic mass is 10.2. The van der Waals surface area contributed by atoms with E-state index in [1.165, 1.54) is 0 Å². The summed E-state index contributed by atoms with van der Waals surface area (Å²) in [4.78, 5) is 14.2. The molecule has 1 aromatic carbocycles. The number of nitrogens with zero attached hydrogens (tertiary/aromatic N) is 3. The van der Waals surface area contributed by atoms with E-state index in [4.69, 9.17) is 9.15 Å². The molecule has 0 aliphatic rings. The number of amides is 1. The van der Waals surface area contributed by atoms with Crippen molar-refractivity contribution in [2.24, 2.45) is 0 Å². The summed E-state index contributed by atoms with van der Waals surface area (Å²) in [6, 6.07) is 13.2. The Bertz CT molecular complexity index is 882. The van der Waals surface area contributed by atoms with Gasteiger partial charge in [-0.05, 0) is 43.7 Å². The van der Waals surface area contributed by atoms with Crippen molar-refractivity contribution >= 4 is 5.91 Å². The summed E-state index contributed by atoms with van der Waals surface area (Å²) in [5.74, 6) is 1.56. The zero-order valence-electron chi connectivity index (χ0n) is 15.3. The molecule has 0 aliphatic carbocycles. The number of aromatic nitrogens is 2. The molecule has 6 heteroatoms. The van der Waals surface area contributed by atoms with Crippen LogP contribution in [0.15, 0.2) is 53.1 Å². The number of benzene rings is 1. The maximum Gasteiger partial charge on any atom is 0.289 e. The Labute approximate surface area is 153 Å². The first-order chi connectivity index (χ1) is 12.6. The van der Waals surface area contributed by atoms with E-state index in [0.29, 0.717) is 18.1 Å². The van der Waals surface area contributed by atoms with Crippen LogP contribution in [0.25, 0.3) is 0 Å². The third-order valence-electron chi connectivity index (χ3n) is 4.19. The maximum atomic E-state index is 12.6. The van der Waals surface area contributed by atoms with Crippen molar-refractivity contribution in [3.05, 3.63) is 71.4 Å². The van der Waals surface area contributed by atoms with Gasteiger partial charge in [-0.3, -0.25) is 9.48 Å². The molecule has 0 unspecified atom stereocenters. The Morgan fingerprint density at radius 1 is 1.23 bits per heavy atom. The van der Waals surface area contributed by atoms with Gasteiger partial charge in [0.1, 0.15) is 18.1 Å². The minimum Gasteiger partial charge on any atom is -0.485 e. The Balaban J connectivity index is 1.61. The molecule has 0 N–H and O–H groups in total. The van der Waals surface area contributed by atoms with E-state index < -0.39 is 0 Å². The van der Waals surface area contributed by atoms with Gasteiger partial charge in [0.15, 0.2) is 5.76 Å².